The van der Waals surface area contributed by atoms with Crippen LogP contribution in [-0.2, 0) is 6.54 Å². The molecule has 19 heavy (non-hydrogen) atoms. The van der Waals surface area contributed by atoms with E-state index in [1.165, 1.54) is 12.1 Å². The van der Waals surface area contributed by atoms with Gasteiger partial charge in [-0.3, -0.25) is 0 Å². The zero-order valence-electron chi connectivity index (χ0n) is 11.0. The van der Waals surface area contributed by atoms with E-state index < -0.39 is 6.36 Å². The van der Waals surface area contributed by atoms with Crippen LogP contribution in [0.25, 0.3) is 0 Å². The highest BCUT2D eigenvalue weighted by Gasteiger charge is 2.31. The minimum atomic E-state index is -4.65. The van der Waals surface area contributed by atoms with Crippen molar-refractivity contribution in [2.24, 2.45) is 5.92 Å². The molecule has 0 saturated heterocycles. The van der Waals surface area contributed by atoms with E-state index in [0.717, 1.165) is 12.3 Å². The molecule has 2 nitrogen and oxygen atoms in total. The molecule has 1 N–H and O–H groups in total. The van der Waals surface area contributed by atoms with Crippen LogP contribution in [0, 0.1) is 5.92 Å². The molecule has 0 radical (unpaired) electrons. The largest absolute Gasteiger partial charge is 0.573 e. The summed E-state index contributed by atoms with van der Waals surface area (Å²) in [6, 6.07) is 6.19. The number of thioether (sulfide) groups is 1. The van der Waals surface area contributed by atoms with E-state index in [0.29, 0.717) is 18.0 Å². The Kier molecular flexibility index (Phi) is 6.51. The van der Waals surface area contributed by atoms with Gasteiger partial charge in [0, 0.05) is 12.1 Å². The molecular weight excluding hydrogens is 275 g/mol. The SMILES string of the molecule is CSCC(C)CNCc1ccccc1OC(F)(F)F. The Hall–Kier alpha value is -0.880. The summed E-state index contributed by atoms with van der Waals surface area (Å²) in [5.74, 6) is 1.36. The zero-order chi connectivity index (χ0) is 14.3. The molecule has 0 aromatic heterocycles. The first-order valence-electron chi connectivity index (χ1n) is 5.95. The zero-order valence-corrected chi connectivity index (χ0v) is 11.8. The molecule has 0 spiro atoms. The minimum Gasteiger partial charge on any atom is -0.405 e. The Bertz CT molecular complexity index is 384. The molecule has 1 rings (SSSR count). The van der Waals surface area contributed by atoms with Crippen LogP contribution in [-0.4, -0.2) is 24.9 Å². The quantitative estimate of drug-likeness (QED) is 0.828. The Balaban J connectivity index is 2.53. The molecule has 1 aromatic carbocycles. The molecule has 0 aliphatic carbocycles. The van der Waals surface area contributed by atoms with Crippen molar-refractivity contribution in [2.75, 3.05) is 18.6 Å². The lowest BCUT2D eigenvalue weighted by Crippen LogP contribution is -2.23. The van der Waals surface area contributed by atoms with Gasteiger partial charge in [-0.25, -0.2) is 0 Å². The van der Waals surface area contributed by atoms with Crippen LogP contribution < -0.4 is 10.1 Å². The number of ether oxygens (including phenoxy) is 1. The normalized spacial score (nSPS) is 13.3. The predicted molar refractivity (Wildman–Crippen MR) is 72.4 cm³/mol. The lowest BCUT2D eigenvalue weighted by atomic mass is 10.2. The highest BCUT2D eigenvalue weighted by atomic mass is 32.2. The Morgan fingerprint density at radius 1 is 1.32 bits per heavy atom. The molecule has 1 atom stereocenters. The monoisotopic (exact) mass is 293 g/mol. The molecule has 0 aliphatic rings. The van der Waals surface area contributed by atoms with Crippen LogP contribution >= 0.6 is 11.8 Å². The fourth-order valence-electron chi connectivity index (χ4n) is 1.67. The van der Waals surface area contributed by atoms with Gasteiger partial charge in [0.2, 0.25) is 0 Å². The van der Waals surface area contributed by atoms with Gasteiger partial charge in [-0.15, -0.1) is 13.2 Å². The Labute approximate surface area is 115 Å². The maximum Gasteiger partial charge on any atom is 0.573 e. The number of rotatable bonds is 7. The summed E-state index contributed by atoms with van der Waals surface area (Å²) in [7, 11) is 0. The van der Waals surface area contributed by atoms with Crippen molar-refractivity contribution in [3.8, 4) is 5.75 Å². The van der Waals surface area contributed by atoms with Crippen molar-refractivity contribution in [1.29, 1.82) is 0 Å². The van der Waals surface area contributed by atoms with Crippen LogP contribution in [0.5, 0.6) is 5.75 Å². The van der Waals surface area contributed by atoms with Crippen molar-refractivity contribution in [2.45, 2.75) is 19.8 Å². The van der Waals surface area contributed by atoms with Gasteiger partial charge in [0.1, 0.15) is 5.75 Å². The molecule has 108 valence electrons. The first kappa shape index (κ1) is 16.2. The van der Waals surface area contributed by atoms with E-state index in [9.17, 15) is 13.2 Å². The minimum absolute atomic E-state index is 0.139. The van der Waals surface area contributed by atoms with Gasteiger partial charge in [0.25, 0.3) is 0 Å². The third-order valence-electron chi connectivity index (χ3n) is 2.46. The maximum absolute atomic E-state index is 12.2. The highest BCUT2D eigenvalue weighted by molar-refractivity contribution is 7.98. The highest BCUT2D eigenvalue weighted by Crippen LogP contribution is 2.26. The fraction of sp³-hybridized carbons (Fsp3) is 0.538. The molecular formula is C13H18F3NOS. The molecule has 1 unspecified atom stereocenters. The number of hydrogen-bond acceptors (Lipinski definition) is 3. The van der Waals surface area contributed by atoms with Crippen molar-refractivity contribution in [3.05, 3.63) is 29.8 Å². The molecule has 0 aliphatic heterocycles. The molecule has 0 amide bonds. The van der Waals surface area contributed by atoms with Crippen molar-refractivity contribution in [1.82, 2.24) is 5.32 Å². The van der Waals surface area contributed by atoms with Crippen molar-refractivity contribution in [3.63, 3.8) is 0 Å². The summed E-state index contributed by atoms with van der Waals surface area (Å²) < 4.78 is 40.7. The Morgan fingerprint density at radius 3 is 2.63 bits per heavy atom. The summed E-state index contributed by atoms with van der Waals surface area (Å²) in [6.07, 6.45) is -2.62. The second kappa shape index (κ2) is 7.65. The standard InChI is InChI=1S/C13H18F3NOS/c1-10(9-19-2)7-17-8-11-5-3-4-6-12(11)18-13(14,15)16/h3-6,10,17H,7-9H2,1-2H3. The van der Waals surface area contributed by atoms with Crippen LogP contribution in [0.15, 0.2) is 24.3 Å². The van der Waals surface area contributed by atoms with Crippen LogP contribution in [0.2, 0.25) is 0 Å². The lowest BCUT2D eigenvalue weighted by Gasteiger charge is -2.15. The number of nitrogens with one attached hydrogen (secondary N) is 1. The van der Waals surface area contributed by atoms with E-state index in [1.807, 2.05) is 6.26 Å². The number of para-hydroxylation sites is 1. The Morgan fingerprint density at radius 2 is 2.00 bits per heavy atom. The van der Waals surface area contributed by atoms with Crippen molar-refractivity contribution >= 4 is 11.8 Å². The van der Waals surface area contributed by atoms with E-state index in [4.69, 9.17) is 0 Å². The average Bonchev–Trinajstić information content (AvgIpc) is 2.30. The third kappa shape index (κ3) is 6.73. The molecule has 0 fully saturated rings. The van der Waals surface area contributed by atoms with Gasteiger partial charge in [0.15, 0.2) is 0 Å². The number of alkyl halides is 3. The summed E-state index contributed by atoms with van der Waals surface area (Å²) in [6.45, 7) is 3.23. The van der Waals surface area contributed by atoms with E-state index in [2.05, 4.69) is 17.0 Å². The van der Waals surface area contributed by atoms with Crippen molar-refractivity contribution < 1.29 is 17.9 Å². The molecule has 0 saturated carbocycles. The summed E-state index contributed by atoms with van der Waals surface area (Å²) >= 11 is 1.75. The third-order valence-corrected chi connectivity index (χ3v) is 3.36. The van der Waals surface area contributed by atoms with Crippen LogP contribution in [0.1, 0.15) is 12.5 Å². The summed E-state index contributed by atoms with van der Waals surface area (Å²) in [4.78, 5) is 0. The van der Waals surface area contributed by atoms with Crippen LogP contribution in [0.3, 0.4) is 0 Å². The first-order chi connectivity index (χ1) is 8.92. The maximum atomic E-state index is 12.2. The van der Waals surface area contributed by atoms with Crippen LogP contribution in [0.4, 0.5) is 13.2 Å². The van der Waals surface area contributed by atoms with E-state index in [1.54, 1.807) is 23.9 Å². The fourth-order valence-corrected chi connectivity index (χ4v) is 2.36. The van der Waals surface area contributed by atoms with Gasteiger partial charge in [0.05, 0.1) is 0 Å². The van der Waals surface area contributed by atoms with E-state index in [-0.39, 0.29) is 5.75 Å². The molecule has 0 bridgehead atoms. The smallest absolute Gasteiger partial charge is 0.405 e. The van der Waals surface area contributed by atoms with Gasteiger partial charge in [-0.2, -0.15) is 11.8 Å². The summed E-state index contributed by atoms with van der Waals surface area (Å²) in [5.41, 5.74) is 0.510. The topological polar surface area (TPSA) is 21.3 Å². The molecule has 6 heteroatoms. The predicted octanol–water partition coefficient (Wildman–Crippen LogP) is 3.67. The lowest BCUT2D eigenvalue weighted by molar-refractivity contribution is -0.274. The van der Waals surface area contributed by atoms with Gasteiger partial charge < -0.3 is 10.1 Å². The van der Waals surface area contributed by atoms with Gasteiger partial charge >= 0.3 is 6.36 Å². The number of halogens is 3. The van der Waals surface area contributed by atoms with Gasteiger partial charge in [-0.1, -0.05) is 25.1 Å². The number of hydrogen-bond donors (Lipinski definition) is 1. The molecule has 0 heterocycles. The number of benzene rings is 1. The van der Waals surface area contributed by atoms with Gasteiger partial charge in [-0.05, 0) is 30.5 Å². The molecule has 1 aromatic rings. The summed E-state index contributed by atoms with van der Waals surface area (Å²) in [5, 5.41) is 3.15. The second-order valence-corrected chi connectivity index (χ2v) is 5.26. The van der Waals surface area contributed by atoms with E-state index >= 15 is 0 Å². The second-order valence-electron chi connectivity index (χ2n) is 4.35. The average molecular weight is 293 g/mol. The first-order valence-corrected chi connectivity index (χ1v) is 7.35.